The number of nitrogens with zero attached hydrogens (tertiary/aromatic N) is 4. The topological polar surface area (TPSA) is 71.2 Å². The van der Waals surface area contributed by atoms with Gasteiger partial charge in [0.05, 0.1) is 30.2 Å². The van der Waals surface area contributed by atoms with E-state index in [0.717, 1.165) is 18.8 Å². The monoisotopic (exact) mass is 276 g/mol. The Morgan fingerprint density at radius 1 is 1.55 bits per heavy atom. The van der Waals surface area contributed by atoms with Gasteiger partial charge in [0.2, 0.25) is 0 Å². The van der Waals surface area contributed by atoms with Crippen molar-refractivity contribution in [2.45, 2.75) is 38.8 Å². The Labute approximate surface area is 118 Å². The molecular formula is C14H20N4O2. The molecule has 1 saturated heterocycles. The van der Waals surface area contributed by atoms with Crippen molar-refractivity contribution in [3.63, 3.8) is 0 Å². The van der Waals surface area contributed by atoms with E-state index in [-0.39, 0.29) is 11.2 Å². The summed E-state index contributed by atoms with van der Waals surface area (Å²) in [7, 11) is 0. The van der Waals surface area contributed by atoms with E-state index in [2.05, 4.69) is 16.1 Å². The second kappa shape index (κ2) is 6.06. The van der Waals surface area contributed by atoms with Crippen molar-refractivity contribution in [3.8, 4) is 6.07 Å². The molecule has 0 amide bonds. The number of rotatable bonds is 4. The molecule has 2 heterocycles. The van der Waals surface area contributed by atoms with Crippen molar-refractivity contribution < 1.29 is 4.74 Å². The zero-order valence-electron chi connectivity index (χ0n) is 12.0. The first-order valence-corrected chi connectivity index (χ1v) is 6.85. The molecule has 0 radical (unpaired) electrons. The Balaban J connectivity index is 2.09. The summed E-state index contributed by atoms with van der Waals surface area (Å²) in [5, 5.41) is 12.7. The minimum Gasteiger partial charge on any atom is -0.372 e. The SMILES string of the molecule is CC1(C)CN(c2cnn(CCCC#N)c(=O)c2)CCO1. The molecule has 0 spiro atoms. The maximum Gasteiger partial charge on any atom is 0.268 e. The average molecular weight is 276 g/mol. The van der Waals surface area contributed by atoms with Crippen LogP contribution in [0.3, 0.4) is 0 Å². The molecule has 1 aromatic rings. The van der Waals surface area contributed by atoms with Gasteiger partial charge >= 0.3 is 0 Å². The number of hydrogen-bond acceptors (Lipinski definition) is 5. The van der Waals surface area contributed by atoms with Gasteiger partial charge in [-0.2, -0.15) is 10.4 Å². The highest BCUT2D eigenvalue weighted by molar-refractivity contribution is 5.43. The van der Waals surface area contributed by atoms with Crippen LogP contribution in [0.1, 0.15) is 26.7 Å². The summed E-state index contributed by atoms with van der Waals surface area (Å²) in [5.74, 6) is 0. The quantitative estimate of drug-likeness (QED) is 0.772. The number of aromatic nitrogens is 2. The first kappa shape index (κ1) is 14.5. The maximum atomic E-state index is 12.0. The predicted octanol–water partition coefficient (Wildman–Crippen LogP) is 1.16. The van der Waals surface area contributed by atoms with E-state index < -0.39 is 0 Å². The van der Waals surface area contributed by atoms with Crippen LogP contribution in [-0.4, -0.2) is 35.1 Å². The van der Waals surface area contributed by atoms with E-state index in [4.69, 9.17) is 10.00 Å². The average Bonchev–Trinajstić information content (AvgIpc) is 2.39. The van der Waals surface area contributed by atoms with E-state index in [0.29, 0.717) is 26.0 Å². The lowest BCUT2D eigenvalue weighted by Gasteiger charge is -2.39. The van der Waals surface area contributed by atoms with Crippen LogP contribution in [0.25, 0.3) is 0 Å². The smallest absolute Gasteiger partial charge is 0.268 e. The van der Waals surface area contributed by atoms with Crippen LogP contribution in [0.2, 0.25) is 0 Å². The first-order valence-electron chi connectivity index (χ1n) is 6.85. The Morgan fingerprint density at radius 3 is 3.00 bits per heavy atom. The van der Waals surface area contributed by atoms with E-state index in [1.807, 2.05) is 13.8 Å². The number of unbranched alkanes of at least 4 members (excludes halogenated alkanes) is 1. The molecule has 1 aromatic heterocycles. The number of morpholine rings is 1. The largest absolute Gasteiger partial charge is 0.372 e. The maximum absolute atomic E-state index is 12.0. The van der Waals surface area contributed by atoms with Gasteiger partial charge in [0, 0.05) is 32.1 Å². The Bertz CT molecular complexity index is 559. The lowest BCUT2D eigenvalue weighted by atomic mass is 10.1. The minimum atomic E-state index is -0.208. The van der Waals surface area contributed by atoms with Gasteiger partial charge in [-0.05, 0) is 20.3 Å². The van der Waals surface area contributed by atoms with Crippen LogP contribution < -0.4 is 10.5 Å². The highest BCUT2D eigenvalue weighted by Gasteiger charge is 2.27. The van der Waals surface area contributed by atoms with Crippen LogP contribution in [0.5, 0.6) is 0 Å². The molecule has 0 aliphatic carbocycles. The lowest BCUT2D eigenvalue weighted by molar-refractivity contribution is -0.0277. The van der Waals surface area contributed by atoms with Crippen molar-refractivity contribution >= 4 is 5.69 Å². The normalized spacial score (nSPS) is 17.8. The van der Waals surface area contributed by atoms with Gasteiger partial charge in [-0.3, -0.25) is 4.79 Å². The second-order valence-corrected chi connectivity index (χ2v) is 5.57. The molecule has 0 unspecified atom stereocenters. The number of nitriles is 1. The third kappa shape index (κ3) is 3.58. The second-order valence-electron chi connectivity index (χ2n) is 5.57. The molecule has 6 nitrogen and oxygen atoms in total. The summed E-state index contributed by atoms with van der Waals surface area (Å²) in [4.78, 5) is 14.1. The van der Waals surface area contributed by atoms with Crippen LogP contribution in [0.15, 0.2) is 17.1 Å². The molecule has 1 fully saturated rings. The number of aryl methyl sites for hydroxylation is 1. The van der Waals surface area contributed by atoms with E-state index in [9.17, 15) is 4.79 Å². The third-order valence-corrected chi connectivity index (χ3v) is 3.30. The molecule has 1 aliphatic rings. The summed E-state index contributed by atoms with van der Waals surface area (Å²) < 4.78 is 7.07. The molecule has 1 aliphatic heterocycles. The number of anilines is 1. The molecule has 20 heavy (non-hydrogen) atoms. The number of hydrogen-bond donors (Lipinski definition) is 0. The fourth-order valence-electron chi connectivity index (χ4n) is 2.31. The highest BCUT2D eigenvalue weighted by Crippen LogP contribution is 2.21. The van der Waals surface area contributed by atoms with Crippen LogP contribution in [-0.2, 0) is 11.3 Å². The lowest BCUT2D eigenvalue weighted by Crippen LogP contribution is -2.48. The van der Waals surface area contributed by atoms with Gasteiger partial charge < -0.3 is 9.64 Å². The van der Waals surface area contributed by atoms with E-state index >= 15 is 0 Å². The van der Waals surface area contributed by atoms with Gasteiger partial charge in [0.15, 0.2) is 0 Å². The van der Waals surface area contributed by atoms with Crippen LogP contribution in [0, 0.1) is 11.3 Å². The molecule has 0 saturated carbocycles. The fraction of sp³-hybridized carbons (Fsp3) is 0.643. The Hall–Kier alpha value is -1.87. The van der Waals surface area contributed by atoms with Crippen LogP contribution in [0.4, 0.5) is 5.69 Å². The minimum absolute atomic E-state index is 0.121. The summed E-state index contributed by atoms with van der Waals surface area (Å²) in [5.41, 5.74) is 0.507. The predicted molar refractivity (Wildman–Crippen MR) is 75.6 cm³/mol. The summed E-state index contributed by atoms with van der Waals surface area (Å²) in [6.45, 7) is 6.72. The first-order chi connectivity index (χ1) is 9.52. The standard InChI is InChI=1S/C14H20N4O2/c1-14(2)11-17(7-8-20-14)12-9-13(19)18(16-10-12)6-4-3-5-15/h9-10H,3-4,6-8,11H2,1-2H3. The number of ether oxygens (including phenoxy) is 1. The van der Waals surface area contributed by atoms with Gasteiger partial charge in [0.1, 0.15) is 0 Å². The van der Waals surface area contributed by atoms with Crippen molar-refractivity contribution in [2.75, 3.05) is 24.6 Å². The summed E-state index contributed by atoms with van der Waals surface area (Å²) in [6, 6.07) is 3.68. The van der Waals surface area contributed by atoms with Gasteiger partial charge in [-0.25, -0.2) is 4.68 Å². The van der Waals surface area contributed by atoms with Gasteiger partial charge in [-0.15, -0.1) is 0 Å². The third-order valence-electron chi connectivity index (χ3n) is 3.30. The zero-order chi connectivity index (χ0) is 14.6. The Kier molecular flexibility index (Phi) is 4.40. The molecule has 0 N–H and O–H groups in total. The Morgan fingerprint density at radius 2 is 2.35 bits per heavy atom. The van der Waals surface area contributed by atoms with Gasteiger partial charge in [-0.1, -0.05) is 0 Å². The highest BCUT2D eigenvalue weighted by atomic mass is 16.5. The molecule has 0 bridgehead atoms. The summed E-state index contributed by atoms with van der Waals surface area (Å²) >= 11 is 0. The summed E-state index contributed by atoms with van der Waals surface area (Å²) in [6.07, 6.45) is 2.80. The molecular weight excluding hydrogens is 256 g/mol. The van der Waals surface area contributed by atoms with Crippen molar-refractivity contribution in [1.82, 2.24) is 9.78 Å². The zero-order valence-corrected chi connectivity index (χ0v) is 12.0. The molecule has 6 heteroatoms. The van der Waals surface area contributed by atoms with Crippen molar-refractivity contribution in [1.29, 1.82) is 5.26 Å². The molecule has 0 aromatic carbocycles. The molecule has 108 valence electrons. The van der Waals surface area contributed by atoms with Crippen LogP contribution >= 0.6 is 0 Å². The molecule has 2 rings (SSSR count). The van der Waals surface area contributed by atoms with E-state index in [1.54, 1.807) is 12.3 Å². The van der Waals surface area contributed by atoms with Gasteiger partial charge in [0.25, 0.3) is 5.56 Å². The van der Waals surface area contributed by atoms with Crippen molar-refractivity contribution in [2.24, 2.45) is 0 Å². The molecule has 0 atom stereocenters. The van der Waals surface area contributed by atoms with Crippen molar-refractivity contribution in [3.05, 3.63) is 22.6 Å². The van der Waals surface area contributed by atoms with E-state index in [1.165, 1.54) is 4.68 Å². The fourth-order valence-corrected chi connectivity index (χ4v) is 2.31.